The third-order valence-corrected chi connectivity index (χ3v) is 4.16. The molecular weight excluding hydrogens is 356 g/mol. The number of methoxy groups -OCH3 is 1. The van der Waals surface area contributed by atoms with Gasteiger partial charge in [-0.15, -0.1) is 0 Å². The normalized spacial score (nSPS) is 11.8. The molecule has 1 aliphatic heterocycles. The fourth-order valence-corrected chi connectivity index (χ4v) is 2.71. The quantitative estimate of drug-likeness (QED) is 0.704. The molecule has 0 radical (unpaired) electrons. The van der Waals surface area contributed by atoms with Gasteiger partial charge in [-0.3, -0.25) is 4.79 Å². The van der Waals surface area contributed by atoms with Crippen LogP contribution in [0.3, 0.4) is 0 Å². The summed E-state index contributed by atoms with van der Waals surface area (Å²) >= 11 is 0. The number of benzene rings is 1. The minimum absolute atomic E-state index is 0.234. The van der Waals surface area contributed by atoms with E-state index in [0.717, 1.165) is 23.6 Å². The molecule has 2 aromatic rings. The SMILES string of the molecule is CCNC(=O)Nc1ccc(CC(=O)OC)cc1.Cc1ccc2c(n1)NCCC2. The lowest BCUT2D eigenvalue weighted by Gasteiger charge is -2.16. The number of pyridine rings is 1. The molecule has 0 spiro atoms. The van der Waals surface area contributed by atoms with Crippen molar-refractivity contribution < 1.29 is 14.3 Å². The molecule has 0 unspecified atom stereocenters. The first-order valence-electron chi connectivity index (χ1n) is 9.42. The Hall–Kier alpha value is -3.09. The molecule has 1 aromatic carbocycles. The van der Waals surface area contributed by atoms with E-state index < -0.39 is 0 Å². The van der Waals surface area contributed by atoms with E-state index in [9.17, 15) is 9.59 Å². The third kappa shape index (κ3) is 6.90. The van der Waals surface area contributed by atoms with Crippen molar-refractivity contribution in [3.8, 4) is 0 Å². The number of aryl methyl sites for hydroxylation is 2. The van der Waals surface area contributed by atoms with Crippen LogP contribution in [0.1, 0.15) is 30.2 Å². The Morgan fingerprint density at radius 3 is 2.61 bits per heavy atom. The van der Waals surface area contributed by atoms with E-state index in [4.69, 9.17) is 0 Å². The highest BCUT2D eigenvalue weighted by molar-refractivity contribution is 5.89. The molecule has 0 saturated carbocycles. The lowest BCUT2D eigenvalue weighted by Crippen LogP contribution is -2.28. The summed E-state index contributed by atoms with van der Waals surface area (Å²) in [5.74, 6) is 0.811. The molecule has 28 heavy (non-hydrogen) atoms. The third-order valence-electron chi connectivity index (χ3n) is 4.16. The molecule has 150 valence electrons. The van der Waals surface area contributed by atoms with Crippen molar-refractivity contribution >= 4 is 23.5 Å². The van der Waals surface area contributed by atoms with E-state index in [1.165, 1.54) is 25.5 Å². The van der Waals surface area contributed by atoms with E-state index in [1.54, 1.807) is 24.3 Å². The van der Waals surface area contributed by atoms with Gasteiger partial charge in [-0.05, 0) is 56.0 Å². The van der Waals surface area contributed by atoms with Crippen LogP contribution in [0.25, 0.3) is 0 Å². The first-order chi connectivity index (χ1) is 13.5. The molecule has 2 amide bonds. The first-order valence-corrected chi connectivity index (χ1v) is 9.42. The number of fused-ring (bicyclic) bond motifs is 1. The van der Waals surface area contributed by atoms with Crippen LogP contribution in [0.2, 0.25) is 0 Å². The van der Waals surface area contributed by atoms with Crippen LogP contribution in [0, 0.1) is 6.92 Å². The Morgan fingerprint density at radius 2 is 1.93 bits per heavy atom. The molecule has 0 atom stereocenters. The second-order valence-electron chi connectivity index (χ2n) is 6.42. The van der Waals surface area contributed by atoms with E-state index in [0.29, 0.717) is 12.2 Å². The van der Waals surface area contributed by atoms with Gasteiger partial charge < -0.3 is 20.7 Å². The molecular formula is C21H28N4O3. The fourth-order valence-electron chi connectivity index (χ4n) is 2.71. The minimum atomic E-state index is -0.283. The number of carbonyl (C=O) groups is 2. The van der Waals surface area contributed by atoms with Gasteiger partial charge in [-0.25, -0.2) is 9.78 Å². The van der Waals surface area contributed by atoms with Crippen molar-refractivity contribution in [2.45, 2.75) is 33.1 Å². The maximum absolute atomic E-state index is 11.2. The number of hydrogen-bond acceptors (Lipinski definition) is 5. The van der Waals surface area contributed by atoms with Crippen LogP contribution in [-0.2, 0) is 22.4 Å². The van der Waals surface area contributed by atoms with Gasteiger partial charge in [0, 0.05) is 24.5 Å². The summed E-state index contributed by atoms with van der Waals surface area (Å²) in [6.45, 7) is 5.52. The summed E-state index contributed by atoms with van der Waals surface area (Å²) in [5, 5.41) is 8.59. The molecule has 3 rings (SSSR count). The van der Waals surface area contributed by atoms with Gasteiger partial charge in [-0.2, -0.15) is 0 Å². The number of nitrogens with one attached hydrogen (secondary N) is 3. The minimum Gasteiger partial charge on any atom is -0.469 e. The number of ether oxygens (including phenoxy) is 1. The maximum Gasteiger partial charge on any atom is 0.319 e. The smallest absolute Gasteiger partial charge is 0.319 e. The Balaban J connectivity index is 0.000000218. The van der Waals surface area contributed by atoms with Gasteiger partial charge in [0.05, 0.1) is 13.5 Å². The Labute approximate surface area is 165 Å². The number of anilines is 2. The van der Waals surface area contributed by atoms with Gasteiger partial charge in [0.2, 0.25) is 0 Å². The van der Waals surface area contributed by atoms with Crippen molar-refractivity contribution in [1.29, 1.82) is 0 Å². The Bertz CT molecular complexity index is 791. The molecule has 1 aliphatic rings. The van der Waals surface area contributed by atoms with E-state index in [1.807, 2.05) is 13.8 Å². The summed E-state index contributed by atoms with van der Waals surface area (Å²) in [4.78, 5) is 26.7. The predicted octanol–water partition coefficient (Wildman–Crippen LogP) is 3.29. The topological polar surface area (TPSA) is 92.4 Å². The lowest BCUT2D eigenvalue weighted by molar-refractivity contribution is -0.139. The van der Waals surface area contributed by atoms with Crippen molar-refractivity contribution in [2.75, 3.05) is 30.8 Å². The standard InChI is InChI=1S/C12H16N2O3.C9H12N2/c1-3-13-12(16)14-10-6-4-9(5-7-10)8-11(15)17-2;1-7-4-5-8-3-2-6-10-9(8)11-7/h4-7H,3,8H2,1-2H3,(H2,13,14,16);4-5H,2-3,6H2,1H3,(H,10,11). The molecule has 7 nitrogen and oxygen atoms in total. The highest BCUT2D eigenvalue weighted by Crippen LogP contribution is 2.18. The zero-order chi connectivity index (χ0) is 20.4. The maximum atomic E-state index is 11.2. The lowest BCUT2D eigenvalue weighted by atomic mass is 10.1. The molecule has 3 N–H and O–H groups in total. The highest BCUT2D eigenvalue weighted by Gasteiger charge is 2.08. The molecule has 7 heteroatoms. The van der Waals surface area contributed by atoms with Crippen LogP contribution in [-0.4, -0.2) is 37.2 Å². The average Bonchev–Trinajstić information content (AvgIpc) is 2.70. The summed E-state index contributed by atoms with van der Waals surface area (Å²) in [6, 6.07) is 11.0. The van der Waals surface area contributed by atoms with Crippen LogP contribution in [0.4, 0.5) is 16.3 Å². The van der Waals surface area contributed by atoms with E-state index >= 15 is 0 Å². The molecule has 0 saturated heterocycles. The Morgan fingerprint density at radius 1 is 1.18 bits per heavy atom. The number of rotatable bonds is 4. The number of aromatic nitrogens is 1. The predicted molar refractivity (Wildman–Crippen MR) is 111 cm³/mol. The van der Waals surface area contributed by atoms with Crippen LogP contribution in [0.15, 0.2) is 36.4 Å². The van der Waals surface area contributed by atoms with Crippen molar-refractivity contribution in [3.63, 3.8) is 0 Å². The van der Waals surface area contributed by atoms with Crippen molar-refractivity contribution in [1.82, 2.24) is 10.3 Å². The largest absolute Gasteiger partial charge is 0.469 e. The first kappa shape index (κ1) is 21.2. The van der Waals surface area contributed by atoms with Gasteiger partial charge in [0.25, 0.3) is 0 Å². The van der Waals surface area contributed by atoms with Crippen LogP contribution < -0.4 is 16.0 Å². The average molecular weight is 384 g/mol. The summed E-state index contributed by atoms with van der Waals surface area (Å²) in [6.07, 6.45) is 2.64. The van der Waals surface area contributed by atoms with Gasteiger partial charge in [0.1, 0.15) is 5.82 Å². The van der Waals surface area contributed by atoms with Gasteiger partial charge in [0.15, 0.2) is 0 Å². The summed E-state index contributed by atoms with van der Waals surface area (Å²) < 4.78 is 4.56. The molecule has 1 aromatic heterocycles. The van der Waals surface area contributed by atoms with Crippen LogP contribution >= 0.6 is 0 Å². The van der Waals surface area contributed by atoms with Crippen molar-refractivity contribution in [2.24, 2.45) is 0 Å². The monoisotopic (exact) mass is 384 g/mol. The summed E-state index contributed by atoms with van der Waals surface area (Å²) in [5.41, 5.74) is 3.99. The number of nitrogens with zero attached hydrogens (tertiary/aromatic N) is 1. The number of amides is 2. The second kappa shape index (κ2) is 10.9. The van der Waals surface area contributed by atoms with Crippen molar-refractivity contribution in [3.05, 3.63) is 53.2 Å². The van der Waals surface area contributed by atoms with Gasteiger partial charge >= 0.3 is 12.0 Å². The van der Waals surface area contributed by atoms with E-state index in [2.05, 4.69) is 37.8 Å². The number of carbonyl (C=O) groups excluding carboxylic acids is 2. The highest BCUT2D eigenvalue weighted by atomic mass is 16.5. The van der Waals surface area contributed by atoms with Crippen LogP contribution in [0.5, 0.6) is 0 Å². The summed E-state index contributed by atoms with van der Waals surface area (Å²) in [7, 11) is 1.35. The number of esters is 1. The van der Waals surface area contributed by atoms with Gasteiger partial charge in [-0.1, -0.05) is 18.2 Å². The molecule has 0 bridgehead atoms. The number of urea groups is 1. The fraction of sp³-hybridized carbons (Fsp3) is 0.381. The zero-order valence-electron chi connectivity index (χ0n) is 16.7. The van der Waals surface area contributed by atoms with E-state index in [-0.39, 0.29) is 18.4 Å². The molecule has 0 aliphatic carbocycles. The zero-order valence-corrected chi connectivity index (χ0v) is 16.7. The second-order valence-corrected chi connectivity index (χ2v) is 6.42. The molecule has 2 heterocycles. The molecule has 0 fully saturated rings. The Kier molecular flexibility index (Phi) is 8.27. The number of hydrogen-bond donors (Lipinski definition) is 3.